The molecule has 2 heterocycles. The van der Waals surface area contributed by atoms with Crippen LogP contribution in [0.5, 0.6) is 5.75 Å². The predicted molar refractivity (Wildman–Crippen MR) is 123 cm³/mol. The van der Waals surface area contributed by atoms with Gasteiger partial charge in [0.2, 0.25) is 5.96 Å². The van der Waals surface area contributed by atoms with Crippen LogP contribution >= 0.6 is 0 Å². The number of methoxy groups -OCH3 is 1. The van der Waals surface area contributed by atoms with Crippen LogP contribution in [0.2, 0.25) is 0 Å². The van der Waals surface area contributed by atoms with Gasteiger partial charge in [-0.05, 0) is 48.4 Å². The third kappa shape index (κ3) is 4.43. The first-order chi connectivity index (χ1) is 15.4. The van der Waals surface area contributed by atoms with E-state index in [1.54, 1.807) is 30.5 Å². The second-order valence-electron chi connectivity index (χ2n) is 7.40. The van der Waals surface area contributed by atoms with Crippen molar-refractivity contribution in [2.24, 2.45) is 9.98 Å². The Balaban J connectivity index is 1.47. The van der Waals surface area contributed by atoms with Crippen LogP contribution in [0, 0.1) is 0 Å². The van der Waals surface area contributed by atoms with Crippen LogP contribution < -0.4 is 10.1 Å². The summed E-state index contributed by atoms with van der Waals surface area (Å²) in [5.41, 5.74) is 3.14. The third-order valence-corrected chi connectivity index (χ3v) is 7.17. The van der Waals surface area contributed by atoms with Crippen molar-refractivity contribution in [2.45, 2.75) is 24.7 Å². The Morgan fingerprint density at radius 2 is 1.84 bits per heavy atom. The average molecular weight is 453 g/mol. The minimum atomic E-state index is -3.68. The molecule has 0 saturated heterocycles. The van der Waals surface area contributed by atoms with E-state index in [0.29, 0.717) is 17.7 Å². The smallest absolute Gasteiger partial charge is 0.263 e. The first-order valence-electron chi connectivity index (χ1n) is 10.3. The third-order valence-electron chi connectivity index (χ3n) is 5.40. The number of hydrogen-bond acceptors (Lipinski definition) is 6. The number of amides is 1. The minimum absolute atomic E-state index is 0.192. The van der Waals surface area contributed by atoms with E-state index in [4.69, 9.17) is 4.74 Å². The summed E-state index contributed by atoms with van der Waals surface area (Å²) in [4.78, 5) is 21.4. The Morgan fingerprint density at radius 3 is 2.50 bits per heavy atom. The van der Waals surface area contributed by atoms with Gasteiger partial charge in [0.1, 0.15) is 5.75 Å². The molecule has 0 fully saturated rings. The Bertz CT molecular complexity index is 1210. The van der Waals surface area contributed by atoms with E-state index in [-0.39, 0.29) is 29.9 Å². The molecule has 8 nitrogen and oxygen atoms in total. The first kappa shape index (κ1) is 21.8. The van der Waals surface area contributed by atoms with E-state index < -0.39 is 10.0 Å². The van der Waals surface area contributed by atoms with Gasteiger partial charge in [-0.1, -0.05) is 19.1 Å². The molecule has 1 N–H and O–H groups in total. The maximum absolute atomic E-state index is 13.0. The van der Waals surface area contributed by atoms with Crippen molar-refractivity contribution in [3.8, 4) is 5.75 Å². The highest BCUT2D eigenvalue weighted by Crippen LogP contribution is 2.25. The van der Waals surface area contributed by atoms with Crippen LogP contribution in [-0.2, 0) is 16.4 Å². The molecule has 2 aromatic carbocycles. The summed E-state index contributed by atoms with van der Waals surface area (Å²) in [5, 5.41) is 2.74. The summed E-state index contributed by atoms with van der Waals surface area (Å²) >= 11 is 0. The van der Waals surface area contributed by atoms with Gasteiger partial charge in [-0.2, -0.15) is 0 Å². The summed E-state index contributed by atoms with van der Waals surface area (Å²) in [7, 11) is -2.15. The topological polar surface area (TPSA) is 100 Å². The van der Waals surface area contributed by atoms with E-state index in [2.05, 4.69) is 22.2 Å². The van der Waals surface area contributed by atoms with Crippen molar-refractivity contribution in [2.75, 3.05) is 20.2 Å². The number of hydrogen-bond donors (Lipinski definition) is 1. The Kier molecular flexibility index (Phi) is 6.09. The van der Waals surface area contributed by atoms with Gasteiger partial charge in [0, 0.05) is 30.3 Å². The number of aliphatic imine (C=N–C) groups is 2. The van der Waals surface area contributed by atoms with Gasteiger partial charge in [-0.15, -0.1) is 0 Å². The minimum Gasteiger partial charge on any atom is -0.497 e. The highest BCUT2D eigenvalue weighted by atomic mass is 32.2. The van der Waals surface area contributed by atoms with Gasteiger partial charge in [0.25, 0.3) is 15.9 Å². The number of aryl methyl sites for hydroxylation is 1. The lowest BCUT2D eigenvalue weighted by Gasteiger charge is -2.28. The molecule has 32 heavy (non-hydrogen) atoms. The largest absolute Gasteiger partial charge is 0.497 e. The fourth-order valence-electron chi connectivity index (χ4n) is 3.48. The summed E-state index contributed by atoms with van der Waals surface area (Å²) in [5.74, 6) is 0.559. The van der Waals surface area contributed by atoms with E-state index in [9.17, 15) is 13.2 Å². The molecule has 0 unspecified atom stereocenters. The zero-order valence-corrected chi connectivity index (χ0v) is 18.7. The summed E-state index contributed by atoms with van der Waals surface area (Å²) < 4.78 is 32.4. The lowest BCUT2D eigenvalue weighted by molar-refractivity contribution is 0.0976. The molecule has 4 rings (SSSR count). The highest BCUT2D eigenvalue weighted by molar-refractivity contribution is 7.89. The Labute approximate surface area is 187 Å². The highest BCUT2D eigenvalue weighted by Gasteiger charge is 2.28. The Morgan fingerprint density at radius 1 is 1.12 bits per heavy atom. The fourth-order valence-corrected chi connectivity index (χ4v) is 4.83. The van der Waals surface area contributed by atoms with Gasteiger partial charge in [0.15, 0.2) is 0 Å². The van der Waals surface area contributed by atoms with Crippen molar-refractivity contribution in [3.63, 3.8) is 0 Å². The van der Waals surface area contributed by atoms with Crippen molar-refractivity contribution in [3.05, 3.63) is 71.4 Å². The van der Waals surface area contributed by atoms with Gasteiger partial charge in [-0.25, -0.2) is 18.4 Å². The molecule has 166 valence electrons. The lowest BCUT2D eigenvalue weighted by atomic mass is 10.1. The normalized spacial score (nSPS) is 15.8. The molecule has 0 bridgehead atoms. The van der Waals surface area contributed by atoms with E-state index in [1.807, 2.05) is 12.1 Å². The number of nitrogens with one attached hydrogen (secondary N) is 1. The number of fused-ring (bicyclic) bond motifs is 1. The lowest BCUT2D eigenvalue weighted by Crippen LogP contribution is -2.37. The molecule has 0 aromatic heterocycles. The molecule has 2 aliphatic heterocycles. The SMILES string of the molecule is CCc1ccc(C(=O)NC2=NCC3=CN(S(=O)(=O)c4ccc(OC)cc4)CCC3=N2)cc1. The van der Waals surface area contributed by atoms with Crippen LogP contribution in [0.25, 0.3) is 0 Å². The summed E-state index contributed by atoms with van der Waals surface area (Å²) in [6.45, 7) is 2.56. The standard InChI is InChI=1S/C23H24N4O4S/c1-3-16-4-6-17(7-5-16)22(28)26-23-24-14-18-15-27(13-12-21(18)25-23)32(29,30)20-10-8-19(31-2)9-11-20/h4-11,15H,3,12-14H2,1-2H3,(H,24,26,28). The Hall–Kier alpha value is -3.46. The van der Waals surface area contributed by atoms with Gasteiger partial charge in [-0.3, -0.25) is 14.4 Å². The maximum Gasteiger partial charge on any atom is 0.263 e. The average Bonchev–Trinajstić information content (AvgIpc) is 2.83. The molecular formula is C23H24N4O4S. The molecule has 9 heteroatoms. The molecule has 0 radical (unpaired) electrons. The number of ether oxygens (including phenoxy) is 1. The van der Waals surface area contributed by atoms with Crippen molar-refractivity contribution in [1.29, 1.82) is 0 Å². The number of benzene rings is 2. The van der Waals surface area contributed by atoms with Crippen LogP contribution in [0.3, 0.4) is 0 Å². The molecule has 0 atom stereocenters. The molecule has 0 spiro atoms. The number of rotatable bonds is 5. The number of guanidine groups is 1. The fraction of sp³-hybridized carbons (Fsp3) is 0.261. The van der Waals surface area contributed by atoms with Crippen LogP contribution in [0.15, 0.2) is 75.2 Å². The van der Waals surface area contributed by atoms with Crippen LogP contribution in [0.4, 0.5) is 0 Å². The number of carbonyl (C=O) groups is 1. The van der Waals surface area contributed by atoms with Crippen molar-refractivity contribution in [1.82, 2.24) is 9.62 Å². The molecule has 0 saturated carbocycles. The van der Waals surface area contributed by atoms with E-state index in [1.165, 1.54) is 23.5 Å². The molecule has 2 aliphatic rings. The summed E-state index contributed by atoms with van der Waals surface area (Å²) in [6, 6.07) is 13.7. The van der Waals surface area contributed by atoms with Crippen molar-refractivity contribution >= 4 is 27.6 Å². The summed E-state index contributed by atoms with van der Waals surface area (Å²) in [6.07, 6.45) is 2.91. The number of sulfonamides is 1. The van der Waals surface area contributed by atoms with Gasteiger partial charge < -0.3 is 4.74 Å². The number of carbonyl (C=O) groups excluding carboxylic acids is 1. The second kappa shape index (κ2) is 8.96. The zero-order valence-electron chi connectivity index (χ0n) is 17.9. The molecule has 0 aliphatic carbocycles. The van der Waals surface area contributed by atoms with Crippen LogP contribution in [-0.4, -0.2) is 50.5 Å². The second-order valence-corrected chi connectivity index (χ2v) is 9.29. The predicted octanol–water partition coefficient (Wildman–Crippen LogP) is 2.78. The monoisotopic (exact) mass is 452 g/mol. The first-order valence-corrected chi connectivity index (χ1v) is 11.7. The number of nitrogens with zero attached hydrogens (tertiary/aromatic N) is 3. The zero-order chi connectivity index (χ0) is 22.7. The van der Waals surface area contributed by atoms with Crippen molar-refractivity contribution < 1.29 is 17.9 Å². The van der Waals surface area contributed by atoms with E-state index in [0.717, 1.165) is 23.3 Å². The van der Waals surface area contributed by atoms with Gasteiger partial charge >= 0.3 is 0 Å². The maximum atomic E-state index is 13.0. The molecule has 1 amide bonds. The van der Waals surface area contributed by atoms with Crippen LogP contribution in [0.1, 0.15) is 29.3 Å². The van der Waals surface area contributed by atoms with Gasteiger partial charge in [0.05, 0.1) is 24.3 Å². The quantitative estimate of drug-likeness (QED) is 0.754. The molecular weight excluding hydrogens is 428 g/mol. The van der Waals surface area contributed by atoms with E-state index >= 15 is 0 Å². The molecule has 2 aromatic rings.